The number of aldehydes is 1. The van der Waals surface area contributed by atoms with Crippen LogP contribution < -0.4 is 4.90 Å². The van der Waals surface area contributed by atoms with Gasteiger partial charge in [-0.25, -0.2) is 4.98 Å². The molecule has 31 heavy (non-hydrogen) atoms. The van der Waals surface area contributed by atoms with Gasteiger partial charge in [-0.3, -0.25) is 14.8 Å². The maximum atomic E-state index is 11.3. The molecule has 6 nitrogen and oxygen atoms in total. The normalized spacial score (nSPS) is 15.3. The lowest BCUT2D eigenvalue weighted by molar-refractivity contribution is 0.111. The minimum Gasteiger partial charge on any atom is -0.313 e. The number of nitriles is 1. The van der Waals surface area contributed by atoms with Crippen LogP contribution in [0.15, 0.2) is 53.7 Å². The summed E-state index contributed by atoms with van der Waals surface area (Å²) in [6.07, 6.45) is 7.58. The van der Waals surface area contributed by atoms with E-state index in [2.05, 4.69) is 36.3 Å². The molecule has 2 unspecified atom stereocenters. The number of rotatable bonds is 6. The lowest BCUT2D eigenvalue weighted by atomic mass is 10.1. The summed E-state index contributed by atoms with van der Waals surface area (Å²) in [7, 11) is 2.76. The molecule has 0 radical (unpaired) electrons. The molecule has 0 fully saturated rings. The van der Waals surface area contributed by atoms with E-state index < -0.39 is 0 Å². The van der Waals surface area contributed by atoms with Gasteiger partial charge < -0.3 is 4.90 Å². The van der Waals surface area contributed by atoms with Crippen LogP contribution in [0, 0.1) is 18.3 Å². The molecular formula is C23H20N5OPS. The number of anilines is 2. The Morgan fingerprint density at radius 2 is 2.10 bits per heavy atom. The van der Waals surface area contributed by atoms with Crippen molar-refractivity contribution in [2.75, 3.05) is 4.90 Å². The number of aromatic nitrogens is 2. The van der Waals surface area contributed by atoms with Crippen LogP contribution >= 0.6 is 20.6 Å². The smallest absolute Gasteiger partial charge is 0.191 e. The SMILES string of the molecule is Cc1sc(N(Cc2ccc(C3=CCC(P)C=N3)nc2)c2ccc(C#N)cc2)nc1C=O. The number of carbonyl (C=O) groups excluding carboxylic acids is 1. The molecule has 3 heterocycles. The largest absolute Gasteiger partial charge is 0.313 e. The second-order valence-corrected chi connectivity index (χ2v) is 9.16. The summed E-state index contributed by atoms with van der Waals surface area (Å²) in [6.45, 7) is 2.41. The van der Waals surface area contributed by atoms with Gasteiger partial charge in [0.25, 0.3) is 0 Å². The van der Waals surface area contributed by atoms with Crippen LogP contribution in [0.25, 0.3) is 5.70 Å². The van der Waals surface area contributed by atoms with E-state index in [9.17, 15) is 4.79 Å². The zero-order valence-corrected chi connectivity index (χ0v) is 18.9. The van der Waals surface area contributed by atoms with E-state index in [-0.39, 0.29) is 0 Å². The summed E-state index contributed by atoms with van der Waals surface area (Å²) in [5, 5.41) is 9.82. The van der Waals surface area contributed by atoms with Gasteiger partial charge in [0.15, 0.2) is 11.4 Å². The number of allylic oxidation sites excluding steroid dienone is 1. The second-order valence-electron chi connectivity index (χ2n) is 7.12. The number of benzene rings is 1. The Hall–Kier alpha value is -3.20. The number of carbonyl (C=O) groups is 1. The average Bonchev–Trinajstić information content (AvgIpc) is 3.19. The monoisotopic (exact) mass is 445 g/mol. The highest BCUT2D eigenvalue weighted by Crippen LogP contribution is 2.33. The van der Waals surface area contributed by atoms with Crippen molar-refractivity contribution in [3.63, 3.8) is 0 Å². The zero-order chi connectivity index (χ0) is 21.8. The topological polar surface area (TPSA) is 82.2 Å². The first kappa shape index (κ1) is 21.0. The summed E-state index contributed by atoms with van der Waals surface area (Å²) < 4.78 is 0. The fourth-order valence-electron chi connectivity index (χ4n) is 3.16. The lowest BCUT2D eigenvalue weighted by Gasteiger charge is -2.22. The van der Waals surface area contributed by atoms with Gasteiger partial charge in [-0.05, 0) is 49.2 Å². The molecule has 8 heteroatoms. The van der Waals surface area contributed by atoms with E-state index in [4.69, 9.17) is 5.26 Å². The van der Waals surface area contributed by atoms with Gasteiger partial charge in [0.2, 0.25) is 0 Å². The fourth-order valence-corrected chi connectivity index (χ4v) is 4.28. The molecule has 0 saturated carbocycles. The fraction of sp³-hybridized carbons (Fsp3) is 0.174. The number of hydrogen-bond donors (Lipinski definition) is 0. The molecule has 0 amide bonds. The molecule has 1 aliphatic heterocycles. The summed E-state index contributed by atoms with van der Waals surface area (Å²) in [4.78, 5) is 27.8. The Kier molecular flexibility index (Phi) is 6.31. The number of aliphatic imine (C=N–C) groups is 1. The van der Waals surface area contributed by atoms with Gasteiger partial charge in [0.05, 0.1) is 29.6 Å². The Bertz CT molecular complexity index is 1190. The number of aryl methyl sites for hydroxylation is 1. The van der Waals surface area contributed by atoms with Gasteiger partial charge in [-0.1, -0.05) is 12.1 Å². The first-order chi connectivity index (χ1) is 15.1. The highest BCUT2D eigenvalue weighted by atomic mass is 32.1. The van der Waals surface area contributed by atoms with Crippen LogP contribution in [0.1, 0.15) is 38.6 Å². The lowest BCUT2D eigenvalue weighted by Crippen LogP contribution is -2.16. The molecule has 154 valence electrons. The summed E-state index contributed by atoms with van der Waals surface area (Å²) in [5.74, 6) is 0. The Morgan fingerprint density at radius 1 is 1.29 bits per heavy atom. The van der Waals surface area contributed by atoms with Crippen LogP contribution in [0.5, 0.6) is 0 Å². The van der Waals surface area contributed by atoms with Gasteiger partial charge in [0.1, 0.15) is 5.69 Å². The Balaban J connectivity index is 1.63. The average molecular weight is 445 g/mol. The summed E-state index contributed by atoms with van der Waals surface area (Å²) in [5.41, 5.74) is 5.03. The molecular weight excluding hydrogens is 425 g/mol. The maximum Gasteiger partial charge on any atom is 0.191 e. The van der Waals surface area contributed by atoms with Crippen molar-refractivity contribution in [3.8, 4) is 6.07 Å². The number of pyridine rings is 1. The Labute approximate surface area is 187 Å². The predicted molar refractivity (Wildman–Crippen MR) is 128 cm³/mol. The molecule has 2 aromatic heterocycles. The molecule has 1 aromatic carbocycles. The quantitative estimate of drug-likeness (QED) is 0.397. The third kappa shape index (κ3) is 4.77. The number of thiazole rings is 1. The van der Waals surface area contributed by atoms with Crippen LogP contribution in [-0.2, 0) is 6.54 Å². The minimum absolute atomic E-state index is 0.377. The van der Waals surface area contributed by atoms with Crippen molar-refractivity contribution in [2.24, 2.45) is 4.99 Å². The first-order valence-corrected chi connectivity index (χ1v) is 11.2. The van der Waals surface area contributed by atoms with Gasteiger partial charge >= 0.3 is 0 Å². The van der Waals surface area contributed by atoms with Crippen molar-refractivity contribution < 1.29 is 4.79 Å². The highest BCUT2D eigenvalue weighted by molar-refractivity contribution is 7.19. The van der Waals surface area contributed by atoms with Crippen molar-refractivity contribution >= 4 is 49.6 Å². The third-order valence-corrected chi connectivity index (χ3v) is 6.34. The molecule has 0 saturated heterocycles. The van der Waals surface area contributed by atoms with Gasteiger partial charge in [-0.15, -0.1) is 20.6 Å². The summed E-state index contributed by atoms with van der Waals surface area (Å²) >= 11 is 1.47. The van der Waals surface area contributed by atoms with E-state index >= 15 is 0 Å². The van der Waals surface area contributed by atoms with Crippen LogP contribution in [0.4, 0.5) is 10.8 Å². The number of nitrogens with zero attached hydrogens (tertiary/aromatic N) is 5. The van der Waals surface area contributed by atoms with Crippen LogP contribution in [0.3, 0.4) is 0 Å². The summed E-state index contributed by atoms with van der Waals surface area (Å²) in [6, 6.07) is 13.5. The second kappa shape index (κ2) is 9.30. The first-order valence-electron chi connectivity index (χ1n) is 9.73. The van der Waals surface area contributed by atoms with Crippen molar-refractivity contribution in [1.29, 1.82) is 5.26 Å². The highest BCUT2D eigenvalue weighted by Gasteiger charge is 2.17. The molecule has 3 aromatic rings. The standard InChI is InChI=1S/C23H20N5OPS/c1-15-22(14-29)27-23(31-15)28(18-5-2-16(10-24)3-6-18)13-17-4-8-20(25-11-17)21-9-7-19(30)12-26-21/h2-6,8-9,11-12,14,19H,7,13,30H2,1H3. The molecule has 0 bridgehead atoms. The molecule has 4 rings (SSSR count). The van der Waals surface area contributed by atoms with E-state index in [0.717, 1.165) is 45.4 Å². The molecule has 2 atom stereocenters. The van der Waals surface area contributed by atoms with E-state index in [0.29, 0.717) is 23.5 Å². The van der Waals surface area contributed by atoms with Gasteiger partial charge in [0, 0.05) is 28.6 Å². The van der Waals surface area contributed by atoms with E-state index in [1.165, 1.54) is 11.3 Å². The molecule has 0 spiro atoms. The van der Waals surface area contributed by atoms with Crippen LogP contribution in [0.2, 0.25) is 0 Å². The van der Waals surface area contributed by atoms with Crippen molar-refractivity contribution in [1.82, 2.24) is 9.97 Å². The number of hydrogen-bond acceptors (Lipinski definition) is 7. The minimum atomic E-state index is 0.377. The Morgan fingerprint density at radius 3 is 2.68 bits per heavy atom. The van der Waals surface area contributed by atoms with E-state index in [1.807, 2.05) is 48.5 Å². The van der Waals surface area contributed by atoms with E-state index in [1.54, 1.807) is 12.1 Å². The molecule has 0 N–H and O–H groups in total. The van der Waals surface area contributed by atoms with Crippen molar-refractivity contribution in [2.45, 2.75) is 25.5 Å². The zero-order valence-electron chi connectivity index (χ0n) is 16.9. The maximum absolute atomic E-state index is 11.3. The van der Waals surface area contributed by atoms with Crippen molar-refractivity contribution in [3.05, 3.63) is 76.1 Å². The molecule has 0 aliphatic carbocycles. The van der Waals surface area contributed by atoms with Crippen LogP contribution in [-0.4, -0.2) is 28.1 Å². The van der Waals surface area contributed by atoms with Gasteiger partial charge in [-0.2, -0.15) is 5.26 Å². The third-order valence-electron chi connectivity index (χ3n) is 4.89. The predicted octanol–water partition coefficient (Wildman–Crippen LogP) is 4.93. The molecule has 1 aliphatic rings.